The molecule has 1 atom stereocenters. The molecule has 1 aliphatic heterocycles. The second kappa shape index (κ2) is 4.94. The molecule has 0 amide bonds. The molecule has 1 saturated heterocycles. The van der Waals surface area contributed by atoms with Gasteiger partial charge in [0.1, 0.15) is 0 Å². The van der Waals surface area contributed by atoms with E-state index in [9.17, 15) is 4.79 Å². The van der Waals surface area contributed by atoms with Crippen LogP contribution >= 0.6 is 0 Å². The SMILES string of the molecule is COC(=O)C(C)(C)CCN1CC[C@@H](N)C1. The molecule has 1 fully saturated rings. The Kier molecular flexibility index (Phi) is 4.11. The zero-order valence-corrected chi connectivity index (χ0v) is 9.95. The smallest absolute Gasteiger partial charge is 0.311 e. The van der Waals surface area contributed by atoms with Crippen LogP contribution in [0.25, 0.3) is 0 Å². The molecule has 88 valence electrons. The molecule has 4 heteroatoms. The summed E-state index contributed by atoms with van der Waals surface area (Å²) < 4.78 is 4.77. The molecule has 0 aromatic rings. The summed E-state index contributed by atoms with van der Waals surface area (Å²) in [4.78, 5) is 13.8. The van der Waals surface area contributed by atoms with Crippen LogP contribution in [0, 0.1) is 5.41 Å². The number of carbonyl (C=O) groups is 1. The summed E-state index contributed by atoms with van der Waals surface area (Å²) >= 11 is 0. The van der Waals surface area contributed by atoms with Gasteiger partial charge in [0.15, 0.2) is 0 Å². The fourth-order valence-corrected chi connectivity index (χ4v) is 1.88. The van der Waals surface area contributed by atoms with Gasteiger partial charge in [-0.05, 0) is 39.8 Å². The summed E-state index contributed by atoms with van der Waals surface area (Å²) in [7, 11) is 1.44. The van der Waals surface area contributed by atoms with Crippen LogP contribution in [0.1, 0.15) is 26.7 Å². The predicted molar refractivity (Wildman–Crippen MR) is 59.4 cm³/mol. The number of rotatable bonds is 4. The highest BCUT2D eigenvalue weighted by atomic mass is 16.5. The minimum atomic E-state index is -0.387. The molecule has 1 rings (SSSR count). The van der Waals surface area contributed by atoms with Crippen molar-refractivity contribution in [1.29, 1.82) is 0 Å². The predicted octanol–water partition coefficient (Wildman–Crippen LogP) is 0.609. The second-order valence-corrected chi connectivity index (χ2v) is 4.97. The van der Waals surface area contributed by atoms with Crippen LogP contribution < -0.4 is 5.73 Å². The van der Waals surface area contributed by atoms with Gasteiger partial charge < -0.3 is 15.4 Å². The van der Waals surface area contributed by atoms with Crippen LogP contribution in [0.2, 0.25) is 0 Å². The molecule has 0 bridgehead atoms. The van der Waals surface area contributed by atoms with E-state index in [1.165, 1.54) is 7.11 Å². The summed E-state index contributed by atoms with van der Waals surface area (Å²) in [5.41, 5.74) is 5.43. The fourth-order valence-electron chi connectivity index (χ4n) is 1.88. The minimum Gasteiger partial charge on any atom is -0.469 e. The highest BCUT2D eigenvalue weighted by Crippen LogP contribution is 2.23. The first-order chi connectivity index (χ1) is 6.95. The van der Waals surface area contributed by atoms with Crippen molar-refractivity contribution >= 4 is 5.97 Å². The van der Waals surface area contributed by atoms with Crippen molar-refractivity contribution in [3.05, 3.63) is 0 Å². The number of carbonyl (C=O) groups excluding carboxylic acids is 1. The Morgan fingerprint density at radius 2 is 2.27 bits per heavy atom. The maximum Gasteiger partial charge on any atom is 0.311 e. The Hall–Kier alpha value is -0.610. The highest BCUT2D eigenvalue weighted by molar-refractivity contribution is 5.75. The van der Waals surface area contributed by atoms with Crippen LogP contribution in [-0.4, -0.2) is 43.7 Å². The number of esters is 1. The van der Waals surface area contributed by atoms with Crippen molar-refractivity contribution in [3.8, 4) is 0 Å². The summed E-state index contributed by atoms with van der Waals surface area (Å²) in [5.74, 6) is -0.133. The van der Waals surface area contributed by atoms with Gasteiger partial charge in [0.25, 0.3) is 0 Å². The third-order valence-electron chi connectivity index (χ3n) is 3.10. The van der Waals surface area contributed by atoms with Crippen molar-refractivity contribution in [1.82, 2.24) is 4.90 Å². The van der Waals surface area contributed by atoms with Crippen LogP contribution in [-0.2, 0) is 9.53 Å². The molecule has 0 aromatic heterocycles. The van der Waals surface area contributed by atoms with Gasteiger partial charge in [-0.1, -0.05) is 0 Å². The van der Waals surface area contributed by atoms with Gasteiger partial charge >= 0.3 is 5.97 Å². The van der Waals surface area contributed by atoms with Gasteiger partial charge in [-0.25, -0.2) is 0 Å². The van der Waals surface area contributed by atoms with E-state index in [0.717, 1.165) is 32.5 Å². The minimum absolute atomic E-state index is 0.133. The van der Waals surface area contributed by atoms with E-state index in [1.54, 1.807) is 0 Å². The topological polar surface area (TPSA) is 55.6 Å². The first-order valence-electron chi connectivity index (χ1n) is 5.52. The average Bonchev–Trinajstić information content (AvgIpc) is 2.60. The molecule has 4 nitrogen and oxygen atoms in total. The molecular formula is C11H22N2O2. The molecule has 0 spiro atoms. The van der Waals surface area contributed by atoms with E-state index in [1.807, 2.05) is 13.8 Å². The van der Waals surface area contributed by atoms with Gasteiger partial charge in [0.2, 0.25) is 0 Å². The summed E-state index contributed by atoms with van der Waals surface area (Å²) in [6, 6.07) is 0.311. The van der Waals surface area contributed by atoms with Crippen molar-refractivity contribution in [2.45, 2.75) is 32.7 Å². The zero-order chi connectivity index (χ0) is 11.5. The maximum atomic E-state index is 11.4. The van der Waals surface area contributed by atoms with Gasteiger partial charge in [-0.15, -0.1) is 0 Å². The van der Waals surface area contributed by atoms with Gasteiger partial charge in [-0.2, -0.15) is 0 Å². The lowest BCUT2D eigenvalue weighted by Gasteiger charge is -2.24. The Morgan fingerprint density at radius 3 is 2.73 bits per heavy atom. The first kappa shape index (κ1) is 12.5. The van der Waals surface area contributed by atoms with Crippen molar-refractivity contribution < 1.29 is 9.53 Å². The number of hydrogen-bond acceptors (Lipinski definition) is 4. The van der Waals surface area contributed by atoms with E-state index < -0.39 is 0 Å². The molecule has 0 unspecified atom stereocenters. The number of ether oxygens (including phenoxy) is 1. The van der Waals surface area contributed by atoms with Crippen LogP contribution in [0.15, 0.2) is 0 Å². The quantitative estimate of drug-likeness (QED) is 0.697. The Bertz CT molecular complexity index is 229. The van der Waals surface area contributed by atoms with E-state index >= 15 is 0 Å². The van der Waals surface area contributed by atoms with Gasteiger partial charge in [0.05, 0.1) is 12.5 Å². The summed E-state index contributed by atoms with van der Waals surface area (Å²) in [6.07, 6.45) is 1.89. The van der Waals surface area contributed by atoms with Crippen molar-refractivity contribution in [3.63, 3.8) is 0 Å². The maximum absolute atomic E-state index is 11.4. The monoisotopic (exact) mass is 214 g/mol. The molecule has 0 aliphatic carbocycles. The Balaban J connectivity index is 2.32. The van der Waals surface area contributed by atoms with E-state index in [4.69, 9.17) is 10.5 Å². The molecule has 2 N–H and O–H groups in total. The number of likely N-dealkylation sites (tertiary alicyclic amines) is 1. The number of hydrogen-bond donors (Lipinski definition) is 1. The molecule has 15 heavy (non-hydrogen) atoms. The largest absolute Gasteiger partial charge is 0.469 e. The van der Waals surface area contributed by atoms with E-state index in [2.05, 4.69) is 4.90 Å². The molecule has 0 aromatic carbocycles. The normalized spacial score (nSPS) is 23.1. The Labute approximate surface area is 91.8 Å². The second-order valence-electron chi connectivity index (χ2n) is 4.97. The van der Waals surface area contributed by atoms with Crippen molar-refractivity contribution in [2.75, 3.05) is 26.7 Å². The molecule has 0 saturated carbocycles. The standard InChI is InChI=1S/C11H22N2O2/c1-11(2,10(14)15-3)5-7-13-6-4-9(12)8-13/h9H,4-8,12H2,1-3H3/t9-/m1/s1. The molecule has 0 radical (unpaired) electrons. The first-order valence-corrected chi connectivity index (χ1v) is 5.52. The fraction of sp³-hybridized carbons (Fsp3) is 0.909. The molecule has 1 aliphatic rings. The van der Waals surface area contributed by atoms with Gasteiger partial charge in [0, 0.05) is 12.6 Å². The average molecular weight is 214 g/mol. The third kappa shape index (κ3) is 3.47. The number of nitrogens with zero attached hydrogens (tertiary/aromatic N) is 1. The molecule has 1 heterocycles. The van der Waals surface area contributed by atoms with E-state index in [-0.39, 0.29) is 11.4 Å². The summed E-state index contributed by atoms with van der Waals surface area (Å²) in [6.45, 7) is 6.79. The lowest BCUT2D eigenvalue weighted by molar-refractivity contribution is -0.151. The van der Waals surface area contributed by atoms with Crippen LogP contribution in [0.3, 0.4) is 0 Å². The molecular weight excluding hydrogens is 192 g/mol. The van der Waals surface area contributed by atoms with Crippen molar-refractivity contribution in [2.24, 2.45) is 11.1 Å². The lowest BCUT2D eigenvalue weighted by Crippen LogP contribution is -2.33. The summed E-state index contributed by atoms with van der Waals surface area (Å²) in [5, 5.41) is 0. The lowest BCUT2D eigenvalue weighted by atomic mass is 9.89. The third-order valence-corrected chi connectivity index (χ3v) is 3.10. The highest BCUT2D eigenvalue weighted by Gasteiger charge is 2.30. The number of methoxy groups -OCH3 is 1. The number of nitrogens with two attached hydrogens (primary N) is 1. The van der Waals surface area contributed by atoms with Crippen LogP contribution in [0.4, 0.5) is 0 Å². The van der Waals surface area contributed by atoms with Gasteiger partial charge in [-0.3, -0.25) is 4.79 Å². The van der Waals surface area contributed by atoms with E-state index in [0.29, 0.717) is 6.04 Å². The Morgan fingerprint density at radius 1 is 1.60 bits per heavy atom. The zero-order valence-electron chi connectivity index (χ0n) is 9.95. The van der Waals surface area contributed by atoms with Crippen LogP contribution in [0.5, 0.6) is 0 Å².